The standard InChI is InChI=1S/C20H31N3O4S/c1-3-16(2)23(18-8-13-28(26,27)15-18)20(25)14-21-9-11-22(12-10-21)17-4-6-19(24)7-5-17/h4-7,16,18,24H,3,8-15H2,1-2H3/p+1/t16-,18-/m0/s1. The van der Waals surface area contributed by atoms with Gasteiger partial charge in [0.15, 0.2) is 16.4 Å². The van der Waals surface area contributed by atoms with Crippen LogP contribution in [-0.2, 0) is 14.6 Å². The summed E-state index contributed by atoms with van der Waals surface area (Å²) in [4.78, 5) is 18.4. The summed E-state index contributed by atoms with van der Waals surface area (Å²) in [7, 11) is -3.01. The van der Waals surface area contributed by atoms with Crippen molar-refractivity contribution in [3.8, 4) is 5.75 Å². The number of hydrogen-bond donors (Lipinski definition) is 2. The number of rotatable bonds is 6. The van der Waals surface area contributed by atoms with Crippen LogP contribution < -0.4 is 9.80 Å². The Morgan fingerprint density at radius 2 is 1.93 bits per heavy atom. The van der Waals surface area contributed by atoms with Crippen LogP contribution >= 0.6 is 0 Å². The fourth-order valence-electron chi connectivity index (χ4n) is 4.23. The first-order valence-electron chi connectivity index (χ1n) is 10.2. The average molecular weight is 411 g/mol. The van der Waals surface area contributed by atoms with Crippen molar-refractivity contribution in [2.45, 2.75) is 38.8 Å². The quantitative estimate of drug-likeness (QED) is 0.685. The molecule has 28 heavy (non-hydrogen) atoms. The summed E-state index contributed by atoms with van der Waals surface area (Å²) in [6.45, 7) is 7.92. The number of phenolic OH excluding ortho intramolecular Hbond substituents is 1. The van der Waals surface area contributed by atoms with E-state index in [0.717, 1.165) is 38.3 Å². The number of nitrogens with zero attached hydrogens (tertiary/aromatic N) is 2. The zero-order chi connectivity index (χ0) is 20.3. The SMILES string of the molecule is CC[C@H](C)N(C(=O)C[NH+]1CCN(c2ccc(O)cc2)CC1)[C@H]1CCS(=O)(=O)C1. The molecule has 0 bridgehead atoms. The smallest absolute Gasteiger partial charge is 0.278 e. The molecule has 0 aliphatic carbocycles. The van der Waals surface area contributed by atoms with Crippen LogP contribution in [0.5, 0.6) is 5.75 Å². The van der Waals surface area contributed by atoms with E-state index in [1.807, 2.05) is 30.9 Å². The molecule has 0 radical (unpaired) electrons. The first kappa shape index (κ1) is 20.9. The van der Waals surface area contributed by atoms with Gasteiger partial charge in [0.25, 0.3) is 5.91 Å². The molecule has 2 fully saturated rings. The number of carbonyl (C=O) groups excluding carboxylic acids is 1. The Bertz CT molecular complexity index is 773. The molecule has 1 aromatic rings. The molecule has 2 aliphatic rings. The number of anilines is 1. The van der Waals surface area contributed by atoms with E-state index in [-0.39, 0.29) is 35.2 Å². The van der Waals surface area contributed by atoms with Crippen LogP contribution in [0.4, 0.5) is 5.69 Å². The molecular weight excluding hydrogens is 378 g/mol. The summed E-state index contributed by atoms with van der Waals surface area (Å²) in [5, 5.41) is 9.43. The van der Waals surface area contributed by atoms with Crippen molar-refractivity contribution in [1.82, 2.24) is 4.90 Å². The third kappa shape index (κ3) is 4.97. The summed E-state index contributed by atoms with van der Waals surface area (Å²) in [5.74, 6) is 0.630. The zero-order valence-corrected chi connectivity index (χ0v) is 17.6. The van der Waals surface area contributed by atoms with Gasteiger partial charge in [-0.25, -0.2) is 8.42 Å². The van der Waals surface area contributed by atoms with Crippen molar-refractivity contribution in [2.75, 3.05) is 49.1 Å². The Kier molecular flexibility index (Phi) is 6.50. The highest BCUT2D eigenvalue weighted by molar-refractivity contribution is 7.91. The number of hydrogen-bond acceptors (Lipinski definition) is 5. The molecule has 2 N–H and O–H groups in total. The molecule has 0 aromatic heterocycles. The van der Waals surface area contributed by atoms with Gasteiger partial charge in [0, 0.05) is 17.8 Å². The number of aromatic hydroxyl groups is 1. The molecule has 7 nitrogen and oxygen atoms in total. The second-order valence-corrected chi connectivity index (χ2v) is 10.3. The highest BCUT2D eigenvalue weighted by atomic mass is 32.2. The monoisotopic (exact) mass is 410 g/mol. The van der Waals surface area contributed by atoms with Crippen molar-refractivity contribution in [1.29, 1.82) is 0 Å². The van der Waals surface area contributed by atoms with Crippen LogP contribution in [0.15, 0.2) is 24.3 Å². The van der Waals surface area contributed by atoms with Crippen LogP contribution in [0.3, 0.4) is 0 Å². The van der Waals surface area contributed by atoms with E-state index in [4.69, 9.17) is 0 Å². The second-order valence-electron chi connectivity index (χ2n) is 8.05. The van der Waals surface area contributed by atoms with Crippen LogP contribution in [-0.4, -0.2) is 80.6 Å². The highest BCUT2D eigenvalue weighted by Crippen LogP contribution is 2.21. The third-order valence-corrected chi connectivity index (χ3v) is 7.79. The molecule has 2 heterocycles. The third-order valence-electron chi connectivity index (χ3n) is 6.04. The Balaban J connectivity index is 1.58. The first-order valence-corrected chi connectivity index (χ1v) is 12.0. The number of piperazine rings is 1. The summed E-state index contributed by atoms with van der Waals surface area (Å²) in [6.07, 6.45) is 1.38. The van der Waals surface area contributed by atoms with Gasteiger partial charge in [-0.15, -0.1) is 0 Å². The fourth-order valence-corrected chi connectivity index (χ4v) is 5.94. The van der Waals surface area contributed by atoms with E-state index in [2.05, 4.69) is 4.90 Å². The lowest BCUT2D eigenvalue weighted by molar-refractivity contribution is -0.892. The van der Waals surface area contributed by atoms with Crippen molar-refractivity contribution in [3.05, 3.63) is 24.3 Å². The van der Waals surface area contributed by atoms with Gasteiger partial charge in [0.1, 0.15) is 5.75 Å². The van der Waals surface area contributed by atoms with E-state index < -0.39 is 9.84 Å². The van der Waals surface area contributed by atoms with Crippen LogP contribution in [0.2, 0.25) is 0 Å². The number of amides is 1. The Morgan fingerprint density at radius 3 is 2.46 bits per heavy atom. The lowest BCUT2D eigenvalue weighted by Gasteiger charge is -2.37. The van der Waals surface area contributed by atoms with Crippen molar-refractivity contribution < 1.29 is 23.2 Å². The Hall–Kier alpha value is -1.80. The van der Waals surface area contributed by atoms with Gasteiger partial charge in [-0.05, 0) is 44.0 Å². The summed E-state index contributed by atoms with van der Waals surface area (Å²) >= 11 is 0. The van der Waals surface area contributed by atoms with Gasteiger partial charge in [0.05, 0.1) is 37.7 Å². The van der Waals surface area contributed by atoms with E-state index >= 15 is 0 Å². The van der Waals surface area contributed by atoms with Crippen molar-refractivity contribution in [2.24, 2.45) is 0 Å². The largest absolute Gasteiger partial charge is 0.508 e. The predicted octanol–water partition coefficient (Wildman–Crippen LogP) is -0.0887. The highest BCUT2D eigenvalue weighted by Gasteiger charge is 2.37. The van der Waals surface area contributed by atoms with Crippen LogP contribution in [0, 0.1) is 0 Å². The summed E-state index contributed by atoms with van der Waals surface area (Å²) in [5.41, 5.74) is 1.08. The minimum Gasteiger partial charge on any atom is -0.508 e. The summed E-state index contributed by atoms with van der Waals surface area (Å²) < 4.78 is 23.8. The molecule has 2 saturated heterocycles. The maximum atomic E-state index is 13.1. The van der Waals surface area contributed by atoms with Crippen LogP contribution in [0.1, 0.15) is 26.7 Å². The lowest BCUT2D eigenvalue weighted by atomic mass is 10.1. The van der Waals surface area contributed by atoms with Crippen molar-refractivity contribution >= 4 is 21.4 Å². The van der Waals surface area contributed by atoms with Gasteiger partial charge in [-0.2, -0.15) is 0 Å². The second kappa shape index (κ2) is 8.69. The molecule has 2 atom stereocenters. The van der Waals surface area contributed by atoms with Gasteiger partial charge >= 0.3 is 0 Å². The molecular formula is C20H32N3O4S+. The maximum Gasteiger partial charge on any atom is 0.278 e. The summed E-state index contributed by atoms with van der Waals surface area (Å²) in [6, 6.07) is 7.09. The van der Waals surface area contributed by atoms with Gasteiger partial charge < -0.3 is 19.8 Å². The van der Waals surface area contributed by atoms with Gasteiger partial charge in [-0.3, -0.25) is 4.79 Å². The van der Waals surface area contributed by atoms with E-state index in [1.54, 1.807) is 12.1 Å². The van der Waals surface area contributed by atoms with Crippen LogP contribution in [0.25, 0.3) is 0 Å². The van der Waals surface area contributed by atoms with Gasteiger partial charge in [0.2, 0.25) is 0 Å². The molecule has 8 heteroatoms. The van der Waals surface area contributed by atoms with Gasteiger partial charge in [-0.1, -0.05) is 6.92 Å². The molecule has 2 aliphatic heterocycles. The van der Waals surface area contributed by atoms with E-state index in [0.29, 0.717) is 13.0 Å². The minimum absolute atomic E-state index is 0.0588. The normalized spacial score (nSPS) is 23.5. The topological polar surface area (TPSA) is 82.4 Å². The molecule has 3 rings (SSSR count). The molecule has 0 saturated carbocycles. The molecule has 0 spiro atoms. The number of quaternary nitrogens is 1. The number of sulfone groups is 1. The number of carbonyl (C=O) groups is 1. The fraction of sp³-hybridized carbons (Fsp3) is 0.650. The molecule has 1 amide bonds. The Labute approximate surface area is 167 Å². The van der Waals surface area contributed by atoms with E-state index in [9.17, 15) is 18.3 Å². The number of nitrogens with one attached hydrogen (secondary N) is 1. The van der Waals surface area contributed by atoms with E-state index in [1.165, 1.54) is 4.90 Å². The lowest BCUT2D eigenvalue weighted by Crippen LogP contribution is -3.16. The van der Waals surface area contributed by atoms with Crippen molar-refractivity contribution in [3.63, 3.8) is 0 Å². The molecule has 1 aromatic carbocycles. The number of benzene rings is 1. The molecule has 156 valence electrons. The maximum absolute atomic E-state index is 13.1. The number of phenols is 1. The Morgan fingerprint density at radius 1 is 1.29 bits per heavy atom. The minimum atomic E-state index is -3.01. The predicted molar refractivity (Wildman–Crippen MR) is 110 cm³/mol. The molecule has 0 unspecified atom stereocenters. The average Bonchev–Trinajstić information content (AvgIpc) is 3.02. The first-order chi connectivity index (χ1) is 13.3. The zero-order valence-electron chi connectivity index (χ0n) is 16.8.